The fraction of sp³-hybridized carbons (Fsp3) is 0.462. The third-order valence-electron chi connectivity index (χ3n) is 3.44. The van der Waals surface area contributed by atoms with E-state index >= 15 is 0 Å². The molecule has 2 unspecified atom stereocenters. The molecule has 3 nitrogen and oxygen atoms in total. The highest BCUT2D eigenvalue weighted by Gasteiger charge is 2.47. The Bertz CT molecular complexity index is 435. The molecule has 1 fully saturated rings. The lowest BCUT2D eigenvalue weighted by atomic mass is 9.92. The average molecular weight is 251 g/mol. The van der Waals surface area contributed by atoms with Gasteiger partial charge in [0.05, 0.1) is 0 Å². The van der Waals surface area contributed by atoms with Crippen LogP contribution in [-0.2, 0) is 4.79 Å². The number of benzene rings is 1. The van der Waals surface area contributed by atoms with Gasteiger partial charge in [-0.3, -0.25) is 0 Å². The van der Waals surface area contributed by atoms with Gasteiger partial charge in [0.2, 0.25) is 0 Å². The zero-order chi connectivity index (χ0) is 12.5. The Morgan fingerprint density at radius 3 is 2.76 bits per heavy atom. The van der Waals surface area contributed by atoms with Crippen molar-refractivity contribution in [2.45, 2.75) is 31.1 Å². The molecule has 4 heteroatoms. The molecule has 2 N–H and O–H groups in total. The number of nitrogens with one attached hydrogen (secondary N) is 1. The van der Waals surface area contributed by atoms with Gasteiger partial charge in [0, 0.05) is 10.9 Å². The molecule has 1 aromatic carbocycles. The van der Waals surface area contributed by atoms with E-state index in [0.717, 1.165) is 17.0 Å². The molecule has 2 atom stereocenters. The Morgan fingerprint density at radius 1 is 1.53 bits per heavy atom. The van der Waals surface area contributed by atoms with Gasteiger partial charge in [-0.2, -0.15) is 11.8 Å². The summed E-state index contributed by atoms with van der Waals surface area (Å²) in [6.45, 7) is 3.97. The number of aliphatic carboxylic acids is 1. The topological polar surface area (TPSA) is 49.3 Å². The second kappa shape index (κ2) is 4.61. The van der Waals surface area contributed by atoms with Crippen LogP contribution in [0.2, 0.25) is 0 Å². The molecule has 2 rings (SSSR count). The van der Waals surface area contributed by atoms with Crippen molar-refractivity contribution in [3.05, 3.63) is 29.8 Å². The van der Waals surface area contributed by atoms with Crippen LogP contribution in [0.3, 0.4) is 0 Å². The average Bonchev–Trinajstić information content (AvgIpc) is 2.65. The van der Waals surface area contributed by atoms with Crippen LogP contribution in [0.5, 0.6) is 0 Å². The van der Waals surface area contributed by atoms with Crippen LogP contribution in [0.25, 0.3) is 0 Å². The number of hydrogen-bond donors (Lipinski definition) is 2. The number of para-hydroxylation sites is 1. The lowest BCUT2D eigenvalue weighted by Gasteiger charge is -2.31. The summed E-state index contributed by atoms with van der Waals surface area (Å²) in [5, 5.41) is 12.8. The highest BCUT2D eigenvalue weighted by Crippen LogP contribution is 2.39. The summed E-state index contributed by atoms with van der Waals surface area (Å²) < 4.78 is 0. The largest absolute Gasteiger partial charge is 0.479 e. The van der Waals surface area contributed by atoms with Gasteiger partial charge in [0.25, 0.3) is 0 Å². The van der Waals surface area contributed by atoms with Gasteiger partial charge in [-0.25, -0.2) is 4.79 Å². The van der Waals surface area contributed by atoms with E-state index in [0.29, 0.717) is 6.42 Å². The predicted molar refractivity (Wildman–Crippen MR) is 71.7 cm³/mol. The highest BCUT2D eigenvalue weighted by molar-refractivity contribution is 8.00. The minimum atomic E-state index is -0.823. The maximum Gasteiger partial charge on any atom is 0.330 e. The first-order chi connectivity index (χ1) is 8.06. The van der Waals surface area contributed by atoms with Gasteiger partial charge in [-0.15, -0.1) is 0 Å². The Morgan fingerprint density at radius 2 is 2.24 bits per heavy atom. The molecule has 1 aromatic rings. The summed E-state index contributed by atoms with van der Waals surface area (Å²) in [6, 6.07) is 7.82. The summed E-state index contributed by atoms with van der Waals surface area (Å²) in [6.07, 6.45) is 0.669. The quantitative estimate of drug-likeness (QED) is 0.867. The molecule has 1 heterocycles. The van der Waals surface area contributed by atoms with Crippen molar-refractivity contribution in [3.63, 3.8) is 0 Å². The molecule has 92 valence electrons. The Labute approximate surface area is 106 Å². The Hall–Kier alpha value is -1.16. The van der Waals surface area contributed by atoms with E-state index in [4.69, 9.17) is 0 Å². The zero-order valence-electron chi connectivity index (χ0n) is 10.1. The van der Waals surface area contributed by atoms with E-state index in [9.17, 15) is 9.90 Å². The molecule has 0 radical (unpaired) electrons. The van der Waals surface area contributed by atoms with Crippen LogP contribution in [0.15, 0.2) is 24.3 Å². The third-order valence-corrected chi connectivity index (χ3v) is 4.78. The molecule has 0 saturated carbocycles. The molecular formula is C13H17NO2S. The van der Waals surface area contributed by atoms with Crippen LogP contribution in [0.1, 0.15) is 18.9 Å². The number of aryl methyl sites for hydroxylation is 1. The zero-order valence-corrected chi connectivity index (χ0v) is 10.9. The van der Waals surface area contributed by atoms with Gasteiger partial charge in [-0.05, 0) is 30.7 Å². The highest BCUT2D eigenvalue weighted by atomic mass is 32.2. The normalized spacial score (nSPS) is 28.0. The monoisotopic (exact) mass is 251 g/mol. The summed E-state index contributed by atoms with van der Waals surface area (Å²) in [5.41, 5.74) is 1.18. The van der Waals surface area contributed by atoms with Gasteiger partial charge in [-0.1, -0.05) is 25.1 Å². The molecule has 0 amide bonds. The smallest absolute Gasteiger partial charge is 0.330 e. The number of hydrogen-bond acceptors (Lipinski definition) is 3. The summed E-state index contributed by atoms with van der Waals surface area (Å²) in [5.74, 6) is 0.144. The van der Waals surface area contributed by atoms with Crippen LogP contribution >= 0.6 is 11.8 Å². The second-order valence-electron chi connectivity index (χ2n) is 4.48. The fourth-order valence-electron chi connectivity index (χ4n) is 2.19. The van der Waals surface area contributed by atoms with Crippen LogP contribution in [-0.4, -0.2) is 27.6 Å². The van der Waals surface area contributed by atoms with Gasteiger partial charge in [0.1, 0.15) is 5.54 Å². The number of carboxylic acids is 1. The van der Waals surface area contributed by atoms with Crippen LogP contribution in [0, 0.1) is 6.92 Å². The SMILES string of the molecule is Cc1ccccc1NC1(C(=O)O)CCSC1C. The molecule has 0 aliphatic carbocycles. The maximum absolute atomic E-state index is 11.6. The number of rotatable bonds is 3. The van der Waals surface area contributed by atoms with Crippen molar-refractivity contribution in [2.24, 2.45) is 0 Å². The Kier molecular flexibility index (Phi) is 3.33. The van der Waals surface area contributed by atoms with Gasteiger partial charge < -0.3 is 10.4 Å². The van der Waals surface area contributed by atoms with E-state index < -0.39 is 11.5 Å². The number of carbonyl (C=O) groups is 1. The number of anilines is 1. The summed E-state index contributed by atoms with van der Waals surface area (Å²) in [4.78, 5) is 11.6. The molecule has 1 aliphatic heterocycles. The van der Waals surface area contributed by atoms with Gasteiger partial charge >= 0.3 is 5.97 Å². The number of carboxylic acid groups (broad SMARTS) is 1. The first-order valence-electron chi connectivity index (χ1n) is 5.75. The fourth-order valence-corrected chi connectivity index (χ4v) is 3.55. The van der Waals surface area contributed by atoms with Crippen molar-refractivity contribution < 1.29 is 9.90 Å². The van der Waals surface area contributed by atoms with E-state index in [-0.39, 0.29) is 5.25 Å². The summed E-state index contributed by atoms with van der Waals surface area (Å²) >= 11 is 1.71. The first-order valence-corrected chi connectivity index (χ1v) is 6.80. The maximum atomic E-state index is 11.6. The third kappa shape index (κ3) is 2.14. The standard InChI is InChI=1S/C13H17NO2S/c1-9-5-3-4-6-11(9)14-13(12(15)16)7-8-17-10(13)2/h3-6,10,14H,7-8H2,1-2H3,(H,15,16). The van der Waals surface area contributed by atoms with E-state index in [1.807, 2.05) is 38.1 Å². The van der Waals surface area contributed by atoms with E-state index in [1.165, 1.54) is 0 Å². The van der Waals surface area contributed by atoms with Crippen LogP contribution in [0.4, 0.5) is 5.69 Å². The minimum Gasteiger partial charge on any atom is -0.479 e. The Balaban J connectivity index is 2.31. The molecule has 1 saturated heterocycles. The molecule has 0 spiro atoms. The van der Waals surface area contributed by atoms with Crippen molar-refractivity contribution in [1.82, 2.24) is 0 Å². The first kappa shape index (κ1) is 12.3. The molecular weight excluding hydrogens is 234 g/mol. The molecule has 0 bridgehead atoms. The predicted octanol–water partition coefficient (Wildman–Crippen LogP) is 2.76. The van der Waals surface area contributed by atoms with Crippen molar-refractivity contribution in [3.8, 4) is 0 Å². The number of thioether (sulfide) groups is 1. The van der Waals surface area contributed by atoms with E-state index in [2.05, 4.69) is 5.32 Å². The van der Waals surface area contributed by atoms with Crippen molar-refractivity contribution in [1.29, 1.82) is 0 Å². The van der Waals surface area contributed by atoms with Gasteiger partial charge in [0.15, 0.2) is 0 Å². The van der Waals surface area contributed by atoms with Crippen molar-refractivity contribution >= 4 is 23.4 Å². The summed E-state index contributed by atoms with van der Waals surface area (Å²) in [7, 11) is 0. The second-order valence-corrected chi connectivity index (χ2v) is 5.93. The van der Waals surface area contributed by atoms with Crippen LogP contribution < -0.4 is 5.32 Å². The van der Waals surface area contributed by atoms with E-state index in [1.54, 1.807) is 11.8 Å². The van der Waals surface area contributed by atoms with Crippen molar-refractivity contribution in [2.75, 3.05) is 11.1 Å². The lowest BCUT2D eigenvalue weighted by molar-refractivity contribution is -0.142. The molecule has 0 aromatic heterocycles. The minimum absolute atomic E-state index is 0.0830. The molecule has 17 heavy (non-hydrogen) atoms. The lowest BCUT2D eigenvalue weighted by Crippen LogP contribution is -2.50. The molecule has 1 aliphatic rings.